The van der Waals surface area contributed by atoms with E-state index in [4.69, 9.17) is 5.73 Å². The van der Waals surface area contributed by atoms with Crippen molar-refractivity contribution in [3.8, 4) is 0 Å². The van der Waals surface area contributed by atoms with Crippen LogP contribution in [0.5, 0.6) is 0 Å². The van der Waals surface area contributed by atoms with Gasteiger partial charge in [-0.1, -0.05) is 6.92 Å². The number of alkyl halides is 1. The van der Waals surface area contributed by atoms with E-state index in [1.165, 1.54) is 0 Å². The summed E-state index contributed by atoms with van der Waals surface area (Å²) in [6.07, 6.45) is 1.34. The third kappa shape index (κ3) is 1.52. The Labute approximate surface area is 82.3 Å². The Kier molecular flexibility index (Phi) is 2.50. The van der Waals surface area contributed by atoms with Crippen molar-refractivity contribution in [2.45, 2.75) is 44.9 Å². The van der Waals surface area contributed by atoms with Gasteiger partial charge in [-0.05, 0) is 6.42 Å². The number of hydrogen-bond acceptors (Lipinski definition) is 3. The van der Waals surface area contributed by atoms with Gasteiger partial charge in [0, 0.05) is 12.8 Å². The number of halogens is 1. The van der Waals surface area contributed by atoms with Crippen molar-refractivity contribution < 1.29 is 4.39 Å². The van der Waals surface area contributed by atoms with Crippen LogP contribution < -0.4 is 5.73 Å². The van der Waals surface area contributed by atoms with Gasteiger partial charge in [0.1, 0.15) is 17.8 Å². The van der Waals surface area contributed by atoms with Crippen molar-refractivity contribution in [2.24, 2.45) is 5.73 Å². The zero-order valence-electron chi connectivity index (χ0n) is 8.28. The predicted octanol–water partition coefficient (Wildman–Crippen LogP) is 0.972. The monoisotopic (exact) mass is 198 g/mol. The second-order valence-electron chi connectivity index (χ2n) is 3.77. The Morgan fingerprint density at radius 2 is 2.36 bits per heavy atom. The summed E-state index contributed by atoms with van der Waals surface area (Å²) < 4.78 is 15.1. The van der Waals surface area contributed by atoms with E-state index in [1.54, 1.807) is 0 Å². The van der Waals surface area contributed by atoms with Crippen molar-refractivity contribution in [1.82, 2.24) is 14.8 Å². The van der Waals surface area contributed by atoms with Gasteiger partial charge in [0.15, 0.2) is 0 Å². The van der Waals surface area contributed by atoms with Gasteiger partial charge >= 0.3 is 0 Å². The minimum Gasteiger partial charge on any atom is -0.321 e. The maximum absolute atomic E-state index is 13.3. The number of aryl methyl sites for hydroxylation is 1. The Morgan fingerprint density at radius 3 is 3.07 bits per heavy atom. The van der Waals surface area contributed by atoms with Crippen LogP contribution in [0.3, 0.4) is 0 Å². The molecule has 5 heteroatoms. The number of hydrogen-bond donors (Lipinski definition) is 1. The van der Waals surface area contributed by atoms with E-state index in [9.17, 15) is 4.39 Å². The second kappa shape index (κ2) is 3.65. The van der Waals surface area contributed by atoms with Gasteiger partial charge < -0.3 is 10.3 Å². The highest BCUT2D eigenvalue weighted by Gasteiger charge is 2.27. The number of nitrogens with two attached hydrogens (primary N) is 1. The largest absolute Gasteiger partial charge is 0.321 e. The van der Waals surface area contributed by atoms with E-state index >= 15 is 0 Å². The maximum atomic E-state index is 13.3. The summed E-state index contributed by atoms with van der Waals surface area (Å²) >= 11 is 0. The Bertz CT molecular complexity index is 323. The first-order valence-electron chi connectivity index (χ1n) is 5.04. The van der Waals surface area contributed by atoms with Gasteiger partial charge in [-0.15, -0.1) is 10.2 Å². The van der Waals surface area contributed by atoms with E-state index in [-0.39, 0.29) is 6.04 Å². The summed E-state index contributed by atoms with van der Waals surface area (Å²) in [6, 6.07) is -0.295. The number of fused-ring (bicyclic) bond motifs is 1. The molecule has 0 spiro atoms. The minimum atomic E-state index is -0.857. The second-order valence-corrected chi connectivity index (χ2v) is 3.77. The zero-order valence-corrected chi connectivity index (χ0v) is 8.28. The van der Waals surface area contributed by atoms with Crippen molar-refractivity contribution in [3.05, 3.63) is 11.6 Å². The van der Waals surface area contributed by atoms with Crippen LogP contribution in [0.15, 0.2) is 0 Å². The number of rotatable bonds is 2. The fourth-order valence-electron chi connectivity index (χ4n) is 1.88. The van der Waals surface area contributed by atoms with Crippen LogP contribution in [-0.4, -0.2) is 20.9 Å². The maximum Gasteiger partial charge on any atom is 0.150 e. The standard InChI is InChI=1S/C9H15FN4/c1-2-3-8-12-13-9-7(11)4-6(10)5-14(8)9/h6-7H,2-5,11H2,1H3. The van der Waals surface area contributed by atoms with E-state index in [0.29, 0.717) is 13.0 Å². The van der Waals surface area contributed by atoms with Crippen molar-refractivity contribution in [1.29, 1.82) is 0 Å². The zero-order chi connectivity index (χ0) is 10.1. The molecule has 2 heterocycles. The molecule has 0 radical (unpaired) electrons. The fourth-order valence-corrected chi connectivity index (χ4v) is 1.88. The molecule has 78 valence electrons. The molecule has 2 rings (SSSR count). The van der Waals surface area contributed by atoms with E-state index in [2.05, 4.69) is 17.1 Å². The Morgan fingerprint density at radius 1 is 1.57 bits per heavy atom. The van der Waals surface area contributed by atoms with Crippen LogP contribution in [0.25, 0.3) is 0 Å². The lowest BCUT2D eigenvalue weighted by Gasteiger charge is -2.23. The van der Waals surface area contributed by atoms with E-state index in [1.807, 2.05) is 4.57 Å². The minimum absolute atomic E-state index is 0.295. The molecule has 0 amide bonds. The van der Waals surface area contributed by atoms with E-state index in [0.717, 1.165) is 24.5 Å². The van der Waals surface area contributed by atoms with Crippen molar-refractivity contribution >= 4 is 0 Å². The first-order valence-corrected chi connectivity index (χ1v) is 5.04. The molecule has 1 aliphatic rings. The molecule has 2 N–H and O–H groups in total. The first-order chi connectivity index (χ1) is 6.72. The quantitative estimate of drug-likeness (QED) is 0.770. The molecular formula is C9H15FN4. The molecule has 0 aliphatic carbocycles. The third-order valence-electron chi connectivity index (χ3n) is 2.55. The van der Waals surface area contributed by atoms with Crippen LogP contribution in [0.4, 0.5) is 4.39 Å². The van der Waals surface area contributed by atoms with Crippen molar-refractivity contribution in [2.75, 3.05) is 0 Å². The summed E-state index contributed by atoms with van der Waals surface area (Å²) in [7, 11) is 0. The van der Waals surface area contributed by atoms with Crippen LogP contribution in [0, 0.1) is 0 Å². The molecule has 1 aromatic rings. The van der Waals surface area contributed by atoms with E-state index < -0.39 is 6.17 Å². The summed E-state index contributed by atoms with van der Waals surface area (Å²) in [5.41, 5.74) is 5.78. The molecule has 0 fully saturated rings. The lowest BCUT2D eigenvalue weighted by Crippen LogP contribution is -2.30. The van der Waals surface area contributed by atoms with Crippen LogP contribution in [-0.2, 0) is 13.0 Å². The number of nitrogens with zero attached hydrogens (tertiary/aromatic N) is 3. The summed E-state index contributed by atoms with van der Waals surface area (Å²) in [6.45, 7) is 2.43. The SMILES string of the molecule is CCCc1nnc2n1CC(F)CC2N. The lowest BCUT2D eigenvalue weighted by atomic mass is 10.1. The van der Waals surface area contributed by atoms with Gasteiger partial charge in [0.2, 0.25) is 0 Å². The molecule has 1 aliphatic heterocycles. The molecule has 4 nitrogen and oxygen atoms in total. The van der Waals surface area contributed by atoms with Crippen LogP contribution in [0.2, 0.25) is 0 Å². The smallest absolute Gasteiger partial charge is 0.150 e. The highest BCUT2D eigenvalue weighted by atomic mass is 19.1. The molecular weight excluding hydrogens is 183 g/mol. The molecule has 0 aromatic carbocycles. The summed E-state index contributed by atoms with van der Waals surface area (Å²) in [5.74, 6) is 1.60. The van der Waals surface area contributed by atoms with Crippen LogP contribution in [0.1, 0.15) is 37.5 Å². The molecule has 14 heavy (non-hydrogen) atoms. The summed E-state index contributed by atoms with van der Waals surface area (Å²) in [4.78, 5) is 0. The average molecular weight is 198 g/mol. The van der Waals surface area contributed by atoms with Gasteiger partial charge in [-0.2, -0.15) is 0 Å². The van der Waals surface area contributed by atoms with Gasteiger partial charge in [0.05, 0.1) is 12.6 Å². The van der Waals surface area contributed by atoms with Gasteiger partial charge in [0.25, 0.3) is 0 Å². The molecule has 2 unspecified atom stereocenters. The first kappa shape index (κ1) is 9.58. The molecule has 0 saturated heterocycles. The molecule has 2 atom stereocenters. The topological polar surface area (TPSA) is 56.7 Å². The van der Waals surface area contributed by atoms with Gasteiger partial charge in [-0.3, -0.25) is 0 Å². The lowest BCUT2D eigenvalue weighted by molar-refractivity contribution is 0.228. The number of aromatic nitrogens is 3. The van der Waals surface area contributed by atoms with Crippen molar-refractivity contribution in [3.63, 3.8) is 0 Å². The predicted molar refractivity (Wildman–Crippen MR) is 50.5 cm³/mol. The van der Waals surface area contributed by atoms with Crippen LogP contribution >= 0.6 is 0 Å². The Hall–Kier alpha value is -0.970. The highest BCUT2D eigenvalue weighted by molar-refractivity contribution is 5.05. The fraction of sp³-hybridized carbons (Fsp3) is 0.778. The summed E-state index contributed by atoms with van der Waals surface area (Å²) in [5, 5.41) is 8.05. The normalized spacial score (nSPS) is 26.2. The molecule has 0 bridgehead atoms. The molecule has 0 saturated carbocycles. The highest BCUT2D eigenvalue weighted by Crippen LogP contribution is 2.24. The Balaban J connectivity index is 2.31. The average Bonchev–Trinajstić information content (AvgIpc) is 2.49. The molecule has 1 aromatic heterocycles. The van der Waals surface area contributed by atoms with Gasteiger partial charge in [-0.25, -0.2) is 4.39 Å². The third-order valence-corrected chi connectivity index (χ3v) is 2.55.